The average molecular weight is 379 g/mol. The molecule has 0 bridgehead atoms. The lowest BCUT2D eigenvalue weighted by Crippen LogP contribution is -2.12. The highest BCUT2D eigenvalue weighted by atomic mass is 32.1. The normalized spacial score (nSPS) is 11.4. The monoisotopic (exact) mass is 379 g/mol. The van der Waals surface area contributed by atoms with E-state index >= 15 is 0 Å². The first-order valence-electron chi connectivity index (χ1n) is 8.03. The van der Waals surface area contributed by atoms with Crippen LogP contribution in [0.2, 0.25) is 0 Å². The van der Waals surface area contributed by atoms with Gasteiger partial charge in [-0.1, -0.05) is 12.1 Å². The number of aryl methyl sites for hydroxylation is 1. The summed E-state index contributed by atoms with van der Waals surface area (Å²) in [5.41, 5.74) is -0.394. The van der Waals surface area contributed by atoms with E-state index in [9.17, 15) is 14.7 Å². The van der Waals surface area contributed by atoms with Gasteiger partial charge in [0.1, 0.15) is 22.8 Å². The summed E-state index contributed by atoms with van der Waals surface area (Å²) < 4.78 is 11.6. The summed E-state index contributed by atoms with van der Waals surface area (Å²) >= 11 is 1.51. The highest BCUT2D eigenvalue weighted by Crippen LogP contribution is 2.31. The molecule has 0 saturated heterocycles. The van der Waals surface area contributed by atoms with Crippen molar-refractivity contribution in [1.29, 1.82) is 0 Å². The van der Waals surface area contributed by atoms with Gasteiger partial charge in [0.15, 0.2) is 16.6 Å². The fraction of sp³-hybridized carbons (Fsp3) is 0.0500. The molecule has 7 heteroatoms. The summed E-state index contributed by atoms with van der Waals surface area (Å²) in [5.74, 6) is 0.159. The van der Waals surface area contributed by atoms with Crippen LogP contribution in [0.4, 0.5) is 0 Å². The minimum atomic E-state index is -0.878. The summed E-state index contributed by atoms with van der Waals surface area (Å²) in [6.45, 7) is 1.51. The quantitative estimate of drug-likeness (QED) is 0.417. The number of thiazole rings is 1. The van der Waals surface area contributed by atoms with Gasteiger partial charge in [-0.2, -0.15) is 0 Å². The second-order valence-corrected chi connectivity index (χ2v) is 6.82. The Kier molecular flexibility index (Phi) is 4.21. The van der Waals surface area contributed by atoms with Crippen molar-refractivity contribution < 1.29 is 18.7 Å². The maximum atomic E-state index is 12.2. The van der Waals surface area contributed by atoms with Crippen LogP contribution in [0.3, 0.4) is 0 Å². The molecule has 0 radical (unpaired) electrons. The lowest BCUT2D eigenvalue weighted by Gasteiger charge is -1.99. The number of aromatic hydroxyl groups is 1. The summed E-state index contributed by atoms with van der Waals surface area (Å²) in [6.07, 6.45) is 2.58. The molecule has 27 heavy (non-hydrogen) atoms. The third kappa shape index (κ3) is 3.32. The lowest BCUT2D eigenvalue weighted by molar-refractivity contribution is 0.104. The molecule has 1 aromatic carbocycles. The Hall–Kier alpha value is -3.45. The van der Waals surface area contributed by atoms with Gasteiger partial charge in [0.2, 0.25) is 0 Å². The molecule has 0 saturated carbocycles. The number of aromatic nitrogens is 1. The van der Waals surface area contributed by atoms with Crippen LogP contribution < -0.4 is 5.63 Å². The molecule has 0 unspecified atom stereocenters. The van der Waals surface area contributed by atoms with Gasteiger partial charge in [-0.15, -0.1) is 11.3 Å². The molecule has 4 rings (SSSR count). The van der Waals surface area contributed by atoms with Gasteiger partial charge in [0, 0.05) is 6.07 Å². The van der Waals surface area contributed by atoms with Crippen molar-refractivity contribution >= 4 is 33.4 Å². The Bertz CT molecular complexity index is 1210. The van der Waals surface area contributed by atoms with E-state index in [0.717, 1.165) is 21.3 Å². The van der Waals surface area contributed by atoms with Gasteiger partial charge < -0.3 is 13.9 Å². The van der Waals surface area contributed by atoms with Gasteiger partial charge in [-0.25, -0.2) is 9.78 Å². The van der Waals surface area contributed by atoms with E-state index in [1.54, 1.807) is 12.1 Å². The Labute approximate surface area is 157 Å². The molecule has 0 aliphatic rings. The number of para-hydroxylation sites is 1. The largest absolute Gasteiger partial charge is 0.507 e. The smallest absolute Gasteiger partial charge is 0.351 e. The predicted molar refractivity (Wildman–Crippen MR) is 102 cm³/mol. The van der Waals surface area contributed by atoms with Crippen molar-refractivity contribution in [2.24, 2.45) is 0 Å². The number of fused-ring (bicyclic) bond motifs is 1. The first-order chi connectivity index (χ1) is 13.0. The average Bonchev–Trinajstić information content (AvgIpc) is 3.25. The van der Waals surface area contributed by atoms with E-state index < -0.39 is 22.7 Å². The maximum absolute atomic E-state index is 12.2. The fourth-order valence-corrected chi connectivity index (χ4v) is 3.53. The van der Waals surface area contributed by atoms with Crippen molar-refractivity contribution in [3.05, 3.63) is 76.0 Å². The molecule has 0 atom stereocenters. The van der Waals surface area contributed by atoms with Crippen LogP contribution in [-0.2, 0) is 0 Å². The van der Waals surface area contributed by atoms with E-state index in [0.29, 0.717) is 11.5 Å². The lowest BCUT2D eigenvalue weighted by atomic mass is 10.1. The van der Waals surface area contributed by atoms with Crippen molar-refractivity contribution in [1.82, 2.24) is 4.98 Å². The van der Waals surface area contributed by atoms with Gasteiger partial charge in [0.25, 0.3) is 0 Å². The SMILES string of the molecule is Cc1cc(O)c(C(=O)/C=C/c2ccc(-c3nc4ccccc4s3)o2)c(=O)o1. The van der Waals surface area contributed by atoms with Crippen LogP contribution in [0.5, 0.6) is 5.75 Å². The molecule has 3 heterocycles. The number of ketones is 1. The van der Waals surface area contributed by atoms with Gasteiger partial charge in [-0.05, 0) is 43.3 Å². The predicted octanol–water partition coefficient (Wildman–Crippen LogP) is 4.42. The standard InChI is InChI=1S/C20H13NO5S/c1-11-10-15(23)18(20(24)25-11)14(22)8-6-12-7-9-16(26-12)19-21-13-4-2-3-5-17(13)27-19/h2-10,23H,1H3/b8-6+. The molecular formula is C20H13NO5S. The third-order valence-electron chi connectivity index (χ3n) is 3.83. The Morgan fingerprint density at radius 2 is 2.00 bits per heavy atom. The number of hydrogen-bond acceptors (Lipinski definition) is 7. The highest BCUT2D eigenvalue weighted by molar-refractivity contribution is 7.21. The van der Waals surface area contributed by atoms with Crippen LogP contribution >= 0.6 is 11.3 Å². The number of furan rings is 1. The van der Waals surface area contributed by atoms with Crippen LogP contribution in [0.15, 0.2) is 62.2 Å². The molecule has 1 N–H and O–H groups in total. The number of benzene rings is 1. The number of rotatable bonds is 4. The fourth-order valence-electron chi connectivity index (χ4n) is 2.60. The highest BCUT2D eigenvalue weighted by Gasteiger charge is 2.16. The molecule has 4 aromatic rings. The Morgan fingerprint density at radius 3 is 2.78 bits per heavy atom. The molecule has 0 fully saturated rings. The summed E-state index contributed by atoms with van der Waals surface area (Å²) in [4.78, 5) is 28.5. The molecule has 0 amide bonds. The van der Waals surface area contributed by atoms with E-state index in [1.807, 2.05) is 24.3 Å². The number of nitrogens with zero attached hydrogens (tertiary/aromatic N) is 1. The second kappa shape index (κ2) is 6.69. The van der Waals surface area contributed by atoms with Gasteiger partial charge in [0.05, 0.1) is 10.2 Å². The second-order valence-electron chi connectivity index (χ2n) is 5.79. The van der Waals surface area contributed by atoms with Crippen LogP contribution in [0.1, 0.15) is 21.9 Å². The van der Waals surface area contributed by atoms with Crippen LogP contribution in [0, 0.1) is 6.92 Å². The van der Waals surface area contributed by atoms with Gasteiger partial charge >= 0.3 is 5.63 Å². The zero-order chi connectivity index (χ0) is 19.0. The van der Waals surface area contributed by atoms with Crippen molar-refractivity contribution in [3.63, 3.8) is 0 Å². The van der Waals surface area contributed by atoms with Crippen LogP contribution in [-0.4, -0.2) is 15.9 Å². The first-order valence-corrected chi connectivity index (χ1v) is 8.85. The molecule has 0 aliphatic heterocycles. The molecular weight excluding hydrogens is 366 g/mol. The minimum Gasteiger partial charge on any atom is -0.507 e. The number of carbonyl (C=O) groups excluding carboxylic acids is 1. The van der Waals surface area contributed by atoms with Crippen molar-refractivity contribution in [2.45, 2.75) is 6.92 Å². The summed E-state index contributed by atoms with van der Waals surface area (Å²) in [5, 5.41) is 10.6. The number of hydrogen-bond donors (Lipinski definition) is 1. The third-order valence-corrected chi connectivity index (χ3v) is 4.88. The summed E-state index contributed by atoms with van der Waals surface area (Å²) in [6, 6.07) is 12.5. The Morgan fingerprint density at radius 1 is 1.19 bits per heavy atom. The Balaban J connectivity index is 1.59. The minimum absolute atomic E-state index is 0.226. The number of allylic oxidation sites excluding steroid dienone is 1. The van der Waals surface area contributed by atoms with Crippen LogP contribution in [0.25, 0.3) is 27.1 Å². The van der Waals surface area contributed by atoms with E-state index in [4.69, 9.17) is 8.83 Å². The first kappa shape index (κ1) is 17.0. The molecule has 0 aliphatic carbocycles. The summed E-state index contributed by atoms with van der Waals surface area (Å²) in [7, 11) is 0. The van der Waals surface area contributed by atoms with Gasteiger partial charge in [-0.3, -0.25) is 4.79 Å². The van der Waals surface area contributed by atoms with Crippen molar-refractivity contribution in [2.75, 3.05) is 0 Å². The van der Waals surface area contributed by atoms with E-state index in [-0.39, 0.29) is 5.76 Å². The molecule has 0 spiro atoms. The van der Waals surface area contributed by atoms with Crippen molar-refractivity contribution in [3.8, 4) is 16.5 Å². The molecule has 6 nitrogen and oxygen atoms in total. The molecule has 134 valence electrons. The van der Waals surface area contributed by atoms with E-state index in [1.165, 1.54) is 30.4 Å². The van der Waals surface area contributed by atoms with E-state index in [2.05, 4.69) is 4.98 Å². The topological polar surface area (TPSA) is 93.5 Å². The molecule has 3 aromatic heterocycles. The maximum Gasteiger partial charge on any atom is 0.351 e. The zero-order valence-electron chi connectivity index (χ0n) is 14.1. The number of carbonyl (C=O) groups is 1. The zero-order valence-corrected chi connectivity index (χ0v) is 14.9.